The van der Waals surface area contributed by atoms with Crippen molar-refractivity contribution in [3.63, 3.8) is 0 Å². The summed E-state index contributed by atoms with van der Waals surface area (Å²) < 4.78 is 24.5. The Morgan fingerprint density at radius 2 is 2.00 bits per heavy atom. The molecule has 0 aliphatic heterocycles. The fraction of sp³-hybridized carbons (Fsp3) is 0.474. The van der Waals surface area contributed by atoms with E-state index in [9.17, 15) is 9.18 Å². The molecule has 1 aromatic heterocycles. The van der Waals surface area contributed by atoms with E-state index in [2.05, 4.69) is 10.5 Å². The Hall–Kier alpha value is -2.08. The minimum absolute atomic E-state index is 0.0760. The lowest BCUT2D eigenvalue weighted by molar-refractivity contribution is -0.102. The number of halogens is 2. The minimum Gasteiger partial charge on any atom is -0.444 e. The second kappa shape index (κ2) is 5.46. The first-order valence-electron chi connectivity index (χ1n) is 8.54. The number of hydrogen-bond acceptors (Lipinski definition) is 4. The third-order valence-corrected chi connectivity index (χ3v) is 5.35. The topological polar surface area (TPSA) is 64.4 Å². The van der Waals surface area contributed by atoms with Crippen molar-refractivity contribution in [2.24, 2.45) is 0 Å². The first-order chi connectivity index (χ1) is 12.1. The molecule has 5 nitrogen and oxygen atoms in total. The van der Waals surface area contributed by atoms with Gasteiger partial charge in [0.15, 0.2) is 0 Å². The molecule has 3 fully saturated rings. The molecule has 138 valence electrons. The molecule has 0 atom stereocenters. The van der Waals surface area contributed by atoms with Gasteiger partial charge in [-0.2, -0.15) is 0 Å². The van der Waals surface area contributed by atoms with E-state index in [4.69, 9.17) is 20.9 Å². The fourth-order valence-corrected chi connectivity index (χ4v) is 4.14. The first kappa shape index (κ1) is 17.3. The Balaban J connectivity index is 1.42. The summed E-state index contributed by atoms with van der Waals surface area (Å²) in [5.74, 6) is 0.287. The summed E-state index contributed by atoms with van der Waals surface area (Å²) in [6.07, 6.45) is 2.00. The van der Waals surface area contributed by atoms with Gasteiger partial charge in [-0.1, -0.05) is 22.8 Å². The summed E-state index contributed by atoms with van der Waals surface area (Å²) in [4.78, 5) is 12.0. The van der Waals surface area contributed by atoms with Gasteiger partial charge < -0.3 is 14.6 Å². The second-order valence-corrected chi connectivity index (χ2v) is 8.83. The first-order valence-corrected chi connectivity index (χ1v) is 8.92. The van der Waals surface area contributed by atoms with Crippen molar-refractivity contribution in [2.75, 3.05) is 0 Å². The molecule has 3 saturated carbocycles. The van der Waals surface area contributed by atoms with Crippen LogP contribution in [0, 0.1) is 5.82 Å². The molecule has 1 heterocycles. The highest BCUT2D eigenvalue weighted by atomic mass is 35.5. The number of benzene rings is 1. The largest absolute Gasteiger partial charge is 0.444 e. The Morgan fingerprint density at radius 3 is 2.62 bits per heavy atom. The number of rotatable bonds is 3. The standard InChI is InChI=1S/C19H20ClFN2O3/c1-17(2,3)25-16(24)22-19-8-18(9-19,10-19)15-7-14(23-26-15)11-4-5-12(20)13(21)6-11/h4-7H,8-10H2,1-3H3,(H,22,24). The normalized spacial score (nSPS) is 26.7. The Morgan fingerprint density at radius 1 is 1.31 bits per heavy atom. The van der Waals surface area contributed by atoms with E-state index in [1.165, 1.54) is 12.1 Å². The molecule has 2 aromatic rings. The van der Waals surface area contributed by atoms with Gasteiger partial charge in [0.1, 0.15) is 22.9 Å². The van der Waals surface area contributed by atoms with Crippen LogP contribution in [0.4, 0.5) is 9.18 Å². The minimum atomic E-state index is -0.515. The quantitative estimate of drug-likeness (QED) is 0.830. The van der Waals surface area contributed by atoms with Crippen LogP contribution in [-0.2, 0) is 10.2 Å². The van der Waals surface area contributed by atoms with E-state index in [1.807, 2.05) is 26.8 Å². The summed E-state index contributed by atoms with van der Waals surface area (Å²) in [5, 5.41) is 7.12. The number of alkyl carbamates (subject to hydrolysis) is 1. The van der Waals surface area contributed by atoms with Gasteiger partial charge in [0.2, 0.25) is 0 Å². The van der Waals surface area contributed by atoms with Crippen molar-refractivity contribution in [3.8, 4) is 11.3 Å². The van der Waals surface area contributed by atoms with Crippen LogP contribution in [0.25, 0.3) is 11.3 Å². The number of aromatic nitrogens is 1. The average Bonchev–Trinajstić information content (AvgIpc) is 2.92. The number of nitrogens with one attached hydrogen (secondary N) is 1. The van der Waals surface area contributed by atoms with E-state index in [0.717, 1.165) is 25.0 Å². The maximum Gasteiger partial charge on any atom is 0.408 e. The van der Waals surface area contributed by atoms with E-state index in [1.54, 1.807) is 6.07 Å². The molecule has 1 amide bonds. The summed E-state index contributed by atoms with van der Waals surface area (Å²) in [7, 11) is 0. The molecule has 7 heteroatoms. The highest BCUT2D eigenvalue weighted by Gasteiger charge is 2.71. The van der Waals surface area contributed by atoms with Crippen LogP contribution in [-0.4, -0.2) is 22.4 Å². The zero-order chi connectivity index (χ0) is 18.7. The monoisotopic (exact) mass is 378 g/mol. The lowest BCUT2D eigenvalue weighted by atomic mass is 9.38. The second-order valence-electron chi connectivity index (χ2n) is 8.42. The van der Waals surface area contributed by atoms with Crippen LogP contribution >= 0.6 is 11.6 Å². The van der Waals surface area contributed by atoms with Crippen molar-refractivity contribution in [1.29, 1.82) is 0 Å². The molecular weight excluding hydrogens is 359 g/mol. The average molecular weight is 379 g/mol. The summed E-state index contributed by atoms with van der Waals surface area (Å²) in [6, 6.07) is 6.40. The highest BCUT2D eigenvalue weighted by molar-refractivity contribution is 6.30. The maximum absolute atomic E-state index is 13.6. The highest BCUT2D eigenvalue weighted by Crippen LogP contribution is 2.68. The fourth-order valence-electron chi connectivity index (χ4n) is 4.02. The van der Waals surface area contributed by atoms with Crippen LogP contribution in [0.1, 0.15) is 45.8 Å². The molecule has 0 radical (unpaired) electrons. The van der Waals surface area contributed by atoms with Gasteiger partial charge in [-0.15, -0.1) is 0 Å². The van der Waals surface area contributed by atoms with Crippen LogP contribution in [0.2, 0.25) is 5.02 Å². The Kier molecular flexibility index (Phi) is 3.64. The number of ether oxygens (including phenoxy) is 1. The van der Waals surface area contributed by atoms with Crippen molar-refractivity contribution in [2.45, 2.75) is 56.6 Å². The van der Waals surface area contributed by atoms with E-state index in [0.29, 0.717) is 11.3 Å². The Bertz CT molecular complexity index is 867. The predicted molar refractivity (Wildman–Crippen MR) is 94.5 cm³/mol. The lowest BCUT2D eigenvalue weighted by Gasteiger charge is -2.68. The predicted octanol–water partition coefficient (Wildman–Crippen LogP) is 4.83. The molecule has 0 unspecified atom stereocenters. The SMILES string of the molecule is CC(C)(C)OC(=O)NC12CC(c3cc(-c4ccc(Cl)c(F)c4)no3)(C1)C2. The van der Waals surface area contributed by atoms with E-state index in [-0.39, 0.29) is 22.1 Å². The van der Waals surface area contributed by atoms with Gasteiger partial charge in [-0.05, 0) is 52.2 Å². The van der Waals surface area contributed by atoms with Crippen LogP contribution in [0.15, 0.2) is 28.8 Å². The van der Waals surface area contributed by atoms with Gasteiger partial charge in [-0.25, -0.2) is 9.18 Å². The molecule has 1 aromatic carbocycles. The van der Waals surface area contributed by atoms with Crippen molar-refractivity contribution >= 4 is 17.7 Å². The number of nitrogens with zero attached hydrogens (tertiary/aromatic N) is 1. The van der Waals surface area contributed by atoms with Gasteiger partial charge >= 0.3 is 6.09 Å². The van der Waals surface area contributed by atoms with Crippen LogP contribution < -0.4 is 5.32 Å². The zero-order valence-electron chi connectivity index (χ0n) is 14.9. The number of carbonyl (C=O) groups excluding carboxylic acids is 1. The Labute approximate surface area is 155 Å². The maximum atomic E-state index is 13.6. The van der Waals surface area contributed by atoms with Crippen molar-refractivity contribution in [1.82, 2.24) is 10.5 Å². The summed E-state index contributed by atoms with van der Waals surface area (Å²) in [6.45, 7) is 5.52. The van der Waals surface area contributed by atoms with Crippen LogP contribution in [0.3, 0.4) is 0 Å². The van der Waals surface area contributed by atoms with Gasteiger partial charge in [-0.3, -0.25) is 0 Å². The van der Waals surface area contributed by atoms with Crippen molar-refractivity contribution in [3.05, 3.63) is 40.9 Å². The molecular formula is C19H20ClFN2O3. The van der Waals surface area contributed by atoms with Gasteiger partial charge in [0.25, 0.3) is 0 Å². The molecule has 2 bridgehead atoms. The number of amides is 1. The zero-order valence-corrected chi connectivity index (χ0v) is 15.6. The summed E-state index contributed by atoms with van der Waals surface area (Å²) in [5.41, 5.74) is 0.385. The van der Waals surface area contributed by atoms with E-state index < -0.39 is 11.4 Å². The molecule has 26 heavy (non-hydrogen) atoms. The molecule has 3 aliphatic rings. The molecule has 5 rings (SSSR count). The number of hydrogen-bond donors (Lipinski definition) is 1. The van der Waals surface area contributed by atoms with Gasteiger partial charge in [0.05, 0.1) is 5.02 Å². The van der Waals surface area contributed by atoms with Gasteiger partial charge in [0, 0.05) is 22.6 Å². The van der Waals surface area contributed by atoms with E-state index >= 15 is 0 Å². The lowest BCUT2D eigenvalue weighted by Crippen LogP contribution is -2.76. The molecule has 0 spiro atoms. The third-order valence-electron chi connectivity index (χ3n) is 5.04. The third kappa shape index (κ3) is 2.86. The molecule has 1 N–H and O–H groups in total. The smallest absolute Gasteiger partial charge is 0.408 e. The number of carbonyl (C=O) groups is 1. The molecule has 3 aliphatic carbocycles. The van der Waals surface area contributed by atoms with Crippen LogP contribution in [0.5, 0.6) is 0 Å². The molecule has 0 saturated heterocycles. The van der Waals surface area contributed by atoms with Crippen molar-refractivity contribution < 1.29 is 18.4 Å². The summed E-state index contributed by atoms with van der Waals surface area (Å²) >= 11 is 5.72.